The van der Waals surface area contributed by atoms with Crippen molar-refractivity contribution >= 4 is 17.2 Å². The quantitative estimate of drug-likeness (QED) is 0.503. The van der Waals surface area contributed by atoms with Crippen LogP contribution in [0.2, 0.25) is 0 Å². The second-order valence-corrected chi connectivity index (χ2v) is 6.36. The Bertz CT molecular complexity index is 725. The van der Waals surface area contributed by atoms with Crippen LogP contribution < -0.4 is 16.2 Å². The lowest BCUT2D eigenvalue weighted by Crippen LogP contribution is -2.30. The summed E-state index contributed by atoms with van der Waals surface area (Å²) in [4.78, 5) is 15.2. The highest BCUT2D eigenvalue weighted by atomic mass is 16.5. The van der Waals surface area contributed by atoms with Crippen molar-refractivity contribution in [2.24, 2.45) is 0 Å². The molecule has 5 heteroatoms. The largest absolute Gasteiger partial charge is 0.491 e. The molecule has 0 aliphatic rings. The predicted octanol–water partition coefficient (Wildman–Crippen LogP) is 3.58. The van der Waals surface area contributed by atoms with E-state index in [0.717, 1.165) is 32.5 Å². The molecular weight excluding hydrogens is 326 g/mol. The predicted molar refractivity (Wildman–Crippen MR) is 108 cm³/mol. The molecule has 0 fully saturated rings. The first kappa shape index (κ1) is 19.8. The van der Waals surface area contributed by atoms with Crippen molar-refractivity contribution in [1.82, 2.24) is 4.90 Å². The van der Waals surface area contributed by atoms with E-state index in [9.17, 15) is 4.79 Å². The molecule has 4 N–H and O–H groups in total. The van der Waals surface area contributed by atoms with Crippen molar-refractivity contribution in [3.05, 3.63) is 53.6 Å². The van der Waals surface area contributed by atoms with E-state index >= 15 is 0 Å². The first-order valence-corrected chi connectivity index (χ1v) is 9.20. The zero-order valence-corrected chi connectivity index (χ0v) is 15.7. The van der Waals surface area contributed by atoms with E-state index in [2.05, 4.69) is 18.7 Å². The summed E-state index contributed by atoms with van der Waals surface area (Å²) >= 11 is 0. The minimum atomic E-state index is -0.119. The lowest BCUT2D eigenvalue weighted by molar-refractivity contribution is 0.103. The Hall–Kier alpha value is -2.53. The minimum absolute atomic E-state index is 0.119. The van der Waals surface area contributed by atoms with Crippen LogP contribution >= 0.6 is 0 Å². The molecule has 0 bridgehead atoms. The molecule has 0 amide bonds. The molecule has 0 saturated heterocycles. The summed E-state index contributed by atoms with van der Waals surface area (Å²) in [6.45, 7) is 7.86. The number of nitrogens with zero attached hydrogens (tertiary/aromatic N) is 1. The third-order valence-corrected chi connectivity index (χ3v) is 4.23. The summed E-state index contributed by atoms with van der Waals surface area (Å²) in [7, 11) is 0. The van der Waals surface area contributed by atoms with Gasteiger partial charge in [-0.2, -0.15) is 0 Å². The molecule has 0 heterocycles. The molecule has 26 heavy (non-hydrogen) atoms. The number of rotatable bonds is 10. The Balaban J connectivity index is 2.09. The average molecular weight is 355 g/mol. The number of anilines is 2. The number of ketones is 1. The maximum atomic E-state index is 12.8. The fraction of sp³-hybridized carbons (Fsp3) is 0.381. The Morgan fingerprint density at radius 3 is 2.31 bits per heavy atom. The fourth-order valence-corrected chi connectivity index (χ4v) is 2.90. The van der Waals surface area contributed by atoms with E-state index in [1.807, 2.05) is 18.2 Å². The van der Waals surface area contributed by atoms with Gasteiger partial charge in [0.2, 0.25) is 0 Å². The van der Waals surface area contributed by atoms with Crippen LogP contribution in [0.3, 0.4) is 0 Å². The summed E-state index contributed by atoms with van der Waals surface area (Å²) in [5.74, 6) is 0.479. The molecular formula is C21H29N3O2. The monoisotopic (exact) mass is 355 g/mol. The van der Waals surface area contributed by atoms with Crippen LogP contribution in [0.4, 0.5) is 11.4 Å². The van der Waals surface area contributed by atoms with Crippen LogP contribution in [0.15, 0.2) is 42.5 Å². The van der Waals surface area contributed by atoms with E-state index in [1.165, 1.54) is 0 Å². The smallest absolute Gasteiger partial charge is 0.196 e. The number of ether oxygens (including phenoxy) is 1. The maximum absolute atomic E-state index is 12.8. The van der Waals surface area contributed by atoms with E-state index in [4.69, 9.17) is 16.2 Å². The van der Waals surface area contributed by atoms with Crippen LogP contribution in [0.1, 0.15) is 42.6 Å². The first-order chi connectivity index (χ1) is 12.6. The molecule has 0 aliphatic carbocycles. The van der Waals surface area contributed by atoms with Crippen molar-refractivity contribution < 1.29 is 9.53 Å². The van der Waals surface area contributed by atoms with Crippen molar-refractivity contribution in [2.75, 3.05) is 37.7 Å². The molecule has 140 valence electrons. The zero-order valence-electron chi connectivity index (χ0n) is 15.7. The van der Waals surface area contributed by atoms with Gasteiger partial charge in [-0.3, -0.25) is 9.69 Å². The maximum Gasteiger partial charge on any atom is 0.196 e. The molecule has 0 saturated carbocycles. The molecule has 0 aliphatic heterocycles. The van der Waals surface area contributed by atoms with Gasteiger partial charge in [0.15, 0.2) is 5.78 Å². The van der Waals surface area contributed by atoms with E-state index in [0.29, 0.717) is 34.9 Å². The van der Waals surface area contributed by atoms with Crippen LogP contribution in [0.5, 0.6) is 5.75 Å². The standard InChI is InChI=1S/C21H29N3O2/c1-3-11-24(12-4-2)13-14-26-20-8-6-5-7-17(20)21(25)16-9-10-18(22)19(23)15-16/h5-10,15H,3-4,11-14,22-23H2,1-2H3. The number of carbonyl (C=O) groups is 1. The van der Waals surface area contributed by atoms with Gasteiger partial charge in [-0.05, 0) is 56.3 Å². The van der Waals surface area contributed by atoms with Gasteiger partial charge in [-0.25, -0.2) is 0 Å². The molecule has 0 atom stereocenters. The highest BCUT2D eigenvalue weighted by molar-refractivity contribution is 6.11. The topological polar surface area (TPSA) is 81.6 Å². The highest BCUT2D eigenvalue weighted by Crippen LogP contribution is 2.24. The highest BCUT2D eigenvalue weighted by Gasteiger charge is 2.15. The first-order valence-electron chi connectivity index (χ1n) is 9.20. The van der Waals surface area contributed by atoms with Crippen LogP contribution in [-0.4, -0.2) is 36.9 Å². The van der Waals surface area contributed by atoms with Gasteiger partial charge in [0, 0.05) is 12.1 Å². The molecule has 2 rings (SSSR count). The summed E-state index contributed by atoms with van der Waals surface area (Å²) in [5.41, 5.74) is 13.5. The number of nitrogen functional groups attached to an aromatic ring is 2. The van der Waals surface area contributed by atoms with Gasteiger partial charge >= 0.3 is 0 Å². The Kier molecular flexibility index (Phi) is 7.48. The van der Waals surface area contributed by atoms with Gasteiger partial charge in [0.05, 0.1) is 16.9 Å². The normalized spacial score (nSPS) is 10.9. The number of hydrogen-bond donors (Lipinski definition) is 2. The number of nitrogens with two attached hydrogens (primary N) is 2. The summed E-state index contributed by atoms with van der Waals surface area (Å²) < 4.78 is 5.94. The third-order valence-electron chi connectivity index (χ3n) is 4.23. The lowest BCUT2D eigenvalue weighted by Gasteiger charge is -2.21. The molecule has 0 unspecified atom stereocenters. The lowest BCUT2D eigenvalue weighted by atomic mass is 10.0. The van der Waals surface area contributed by atoms with Gasteiger partial charge in [-0.1, -0.05) is 26.0 Å². The van der Waals surface area contributed by atoms with E-state index in [1.54, 1.807) is 24.3 Å². The Morgan fingerprint density at radius 2 is 1.65 bits per heavy atom. The van der Waals surface area contributed by atoms with Crippen LogP contribution in [-0.2, 0) is 0 Å². The van der Waals surface area contributed by atoms with Crippen LogP contribution in [0.25, 0.3) is 0 Å². The number of para-hydroxylation sites is 1. The summed E-state index contributed by atoms with van der Waals surface area (Å²) in [6.07, 6.45) is 2.24. The third kappa shape index (κ3) is 5.23. The molecule has 2 aromatic rings. The van der Waals surface area contributed by atoms with Gasteiger partial charge in [0.1, 0.15) is 12.4 Å². The SMILES string of the molecule is CCCN(CCC)CCOc1ccccc1C(=O)c1ccc(N)c(N)c1. The molecule has 0 radical (unpaired) electrons. The molecule has 0 aromatic heterocycles. The second-order valence-electron chi connectivity index (χ2n) is 6.36. The number of hydrogen-bond acceptors (Lipinski definition) is 5. The molecule has 5 nitrogen and oxygen atoms in total. The van der Waals surface area contributed by atoms with E-state index < -0.39 is 0 Å². The summed E-state index contributed by atoms with van der Waals surface area (Å²) in [5, 5.41) is 0. The van der Waals surface area contributed by atoms with Crippen molar-refractivity contribution in [2.45, 2.75) is 26.7 Å². The number of benzene rings is 2. The van der Waals surface area contributed by atoms with Gasteiger partial charge in [0.25, 0.3) is 0 Å². The van der Waals surface area contributed by atoms with Gasteiger partial charge in [-0.15, -0.1) is 0 Å². The second kappa shape index (κ2) is 9.82. The summed E-state index contributed by atoms with van der Waals surface area (Å²) in [6, 6.07) is 12.3. The fourth-order valence-electron chi connectivity index (χ4n) is 2.90. The van der Waals surface area contributed by atoms with Crippen molar-refractivity contribution in [1.29, 1.82) is 0 Å². The average Bonchev–Trinajstić information content (AvgIpc) is 2.64. The van der Waals surface area contributed by atoms with Gasteiger partial charge < -0.3 is 16.2 Å². The zero-order chi connectivity index (χ0) is 18.9. The Morgan fingerprint density at radius 1 is 0.962 bits per heavy atom. The molecule has 2 aromatic carbocycles. The Labute approximate surface area is 155 Å². The van der Waals surface area contributed by atoms with Crippen molar-refractivity contribution in [3.63, 3.8) is 0 Å². The minimum Gasteiger partial charge on any atom is -0.491 e. The number of carbonyl (C=O) groups excluding carboxylic acids is 1. The van der Waals surface area contributed by atoms with Crippen LogP contribution in [0, 0.1) is 0 Å². The molecule has 0 spiro atoms. The van der Waals surface area contributed by atoms with E-state index in [-0.39, 0.29) is 5.78 Å². The van der Waals surface area contributed by atoms with Crippen molar-refractivity contribution in [3.8, 4) is 5.75 Å².